The Hall–Kier alpha value is -3.41. The van der Waals surface area contributed by atoms with E-state index in [-0.39, 0.29) is 12.2 Å². The van der Waals surface area contributed by atoms with Crippen LogP contribution in [0, 0.1) is 6.92 Å². The van der Waals surface area contributed by atoms with Crippen molar-refractivity contribution in [3.63, 3.8) is 0 Å². The normalized spacial score (nSPS) is 15.3. The first-order chi connectivity index (χ1) is 13.3. The fourth-order valence-corrected chi connectivity index (χ4v) is 2.84. The fraction of sp³-hybridized carbons (Fsp3) is 0.227. The van der Waals surface area contributed by atoms with Crippen molar-refractivity contribution in [1.29, 1.82) is 0 Å². The van der Waals surface area contributed by atoms with Gasteiger partial charge in [-0.25, -0.2) is 9.69 Å². The molecule has 0 saturated carbocycles. The minimum atomic E-state index is -0.603. The molecule has 0 aliphatic carbocycles. The lowest BCUT2D eigenvalue weighted by Crippen LogP contribution is -2.38. The molecule has 1 fully saturated rings. The number of hydrogen-bond acceptors (Lipinski definition) is 3. The van der Waals surface area contributed by atoms with Crippen molar-refractivity contribution < 1.29 is 14.4 Å². The average molecular weight is 377 g/mol. The highest BCUT2D eigenvalue weighted by molar-refractivity contribution is 6.15. The highest BCUT2D eigenvalue weighted by Gasteiger charge is 2.34. The second kappa shape index (κ2) is 8.08. The summed E-state index contributed by atoms with van der Waals surface area (Å²) in [6, 6.07) is 14.5. The zero-order valence-electron chi connectivity index (χ0n) is 16.2. The summed E-state index contributed by atoms with van der Waals surface area (Å²) >= 11 is 0. The highest BCUT2D eigenvalue weighted by Crippen LogP contribution is 2.18. The van der Waals surface area contributed by atoms with Crippen LogP contribution in [0.4, 0.5) is 10.5 Å². The Morgan fingerprint density at radius 3 is 2.32 bits per heavy atom. The first kappa shape index (κ1) is 19.4. The Bertz CT molecular complexity index is 929. The smallest absolute Gasteiger partial charge is 0.325 e. The summed E-state index contributed by atoms with van der Waals surface area (Å²) in [7, 11) is 0. The van der Waals surface area contributed by atoms with Crippen LogP contribution in [0.2, 0.25) is 0 Å². The lowest BCUT2D eigenvalue weighted by atomic mass is 10.0. The molecule has 1 aliphatic heterocycles. The topological polar surface area (TPSA) is 78.5 Å². The van der Waals surface area contributed by atoms with Crippen molar-refractivity contribution in [2.75, 3.05) is 11.9 Å². The number of aryl methyl sites for hydroxylation is 1. The number of urea groups is 1. The van der Waals surface area contributed by atoms with Crippen molar-refractivity contribution in [1.82, 2.24) is 10.2 Å². The Morgan fingerprint density at radius 1 is 1.07 bits per heavy atom. The molecule has 28 heavy (non-hydrogen) atoms. The first-order valence-electron chi connectivity index (χ1n) is 9.14. The summed E-state index contributed by atoms with van der Waals surface area (Å²) < 4.78 is 0. The standard InChI is InChI=1S/C22H23N3O3/c1-14(2)17-8-6-16(7-9-17)12-19-21(27)25(22(28)24-19)13-20(26)23-18-10-4-15(3)5-11-18/h4-12,14H,13H2,1-3H3,(H,23,26)(H,24,28)/b19-12+. The maximum absolute atomic E-state index is 12.5. The first-order valence-corrected chi connectivity index (χ1v) is 9.14. The zero-order valence-corrected chi connectivity index (χ0v) is 16.2. The van der Waals surface area contributed by atoms with Gasteiger partial charge < -0.3 is 10.6 Å². The predicted molar refractivity (Wildman–Crippen MR) is 109 cm³/mol. The van der Waals surface area contributed by atoms with Crippen LogP contribution < -0.4 is 10.6 Å². The number of nitrogens with one attached hydrogen (secondary N) is 2. The third-order valence-corrected chi connectivity index (χ3v) is 4.51. The molecule has 1 saturated heterocycles. The molecule has 0 spiro atoms. The summed E-state index contributed by atoms with van der Waals surface area (Å²) in [5, 5.41) is 5.22. The number of rotatable bonds is 5. The molecule has 144 valence electrons. The second-order valence-electron chi connectivity index (χ2n) is 7.12. The van der Waals surface area contributed by atoms with Crippen LogP contribution in [0.15, 0.2) is 54.2 Å². The third kappa shape index (κ3) is 4.46. The summed E-state index contributed by atoms with van der Waals surface area (Å²) in [5.41, 5.74) is 3.84. The molecule has 0 unspecified atom stereocenters. The van der Waals surface area contributed by atoms with Gasteiger partial charge in [-0.3, -0.25) is 9.59 Å². The number of anilines is 1. The van der Waals surface area contributed by atoms with E-state index >= 15 is 0 Å². The third-order valence-electron chi connectivity index (χ3n) is 4.51. The van der Waals surface area contributed by atoms with Crippen molar-refractivity contribution in [3.05, 3.63) is 70.9 Å². The minimum absolute atomic E-state index is 0.158. The van der Waals surface area contributed by atoms with Gasteiger partial charge in [0.2, 0.25) is 5.91 Å². The van der Waals surface area contributed by atoms with Crippen molar-refractivity contribution in [2.45, 2.75) is 26.7 Å². The number of carbonyl (C=O) groups is 3. The van der Waals surface area contributed by atoms with E-state index in [1.54, 1.807) is 18.2 Å². The fourth-order valence-electron chi connectivity index (χ4n) is 2.84. The van der Waals surface area contributed by atoms with E-state index in [4.69, 9.17) is 0 Å². The molecule has 4 amide bonds. The van der Waals surface area contributed by atoms with Crippen LogP contribution in [0.5, 0.6) is 0 Å². The SMILES string of the molecule is Cc1ccc(NC(=O)CN2C(=O)N/C(=C/c3ccc(C(C)C)cc3)C2=O)cc1. The minimum Gasteiger partial charge on any atom is -0.325 e. The van der Waals surface area contributed by atoms with Crippen molar-refractivity contribution in [3.8, 4) is 0 Å². The summed E-state index contributed by atoms with van der Waals surface area (Å²) in [5.74, 6) is -0.538. The molecule has 6 heteroatoms. The molecule has 0 aromatic heterocycles. The second-order valence-corrected chi connectivity index (χ2v) is 7.12. The molecule has 2 aromatic carbocycles. The van der Waals surface area contributed by atoms with Gasteiger partial charge in [0.05, 0.1) is 0 Å². The molecule has 2 N–H and O–H groups in total. The van der Waals surface area contributed by atoms with E-state index < -0.39 is 17.8 Å². The van der Waals surface area contributed by atoms with Crippen LogP contribution >= 0.6 is 0 Å². The van der Waals surface area contributed by atoms with Crippen molar-refractivity contribution in [2.24, 2.45) is 0 Å². The predicted octanol–water partition coefficient (Wildman–Crippen LogP) is 3.65. The number of imide groups is 1. The van der Waals surface area contributed by atoms with E-state index in [0.29, 0.717) is 11.6 Å². The maximum atomic E-state index is 12.5. The van der Waals surface area contributed by atoms with Crippen LogP contribution in [0.25, 0.3) is 6.08 Å². The quantitative estimate of drug-likeness (QED) is 0.617. The van der Waals surface area contributed by atoms with E-state index in [1.807, 2.05) is 43.3 Å². The van der Waals surface area contributed by atoms with Gasteiger partial charge in [-0.2, -0.15) is 0 Å². The van der Waals surface area contributed by atoms with Gasteiger partial charge in [0, 0.05) is 5.69 Å². The van der Waals surface area contributed by atoms with Gasteiger partial charge >= 0.3 is 6.03 Å². The molecule has 1 aliphatic rings. The summed E-state index contributed by atoms with van der Waals surface area (Å²) in [4.78, 5) is 37.8. The Labute approximate surface area is 164 Å². The van der Waals surface area contributed by atoms with E-state index in [2.05, 4.69) is 24.5 Å². The van der Waals surface area contributed by atoms with Crippen LogP contribution in [0.1, 0.15) is 36.5 Å². The summed E-state index contributed by atoms with van der Waals surface area (Å²) in [6.45, 7) is 5.81. The number of amides is 4. The molecule has 6 nitrogen and oxygen atoms in total. The molecular weight excluding hydrogens is 354 g/mol. The Balaban J connectivity index is 1.67. The molecule has 0 bridgehead atoms. The zero-order chi connectivity index (χ0) is 20.3. The molecule has 3 rings (SSSR count). The lowest BCUT2D eigenvalue weighted by molar-refractivity contribution is -0.127. The Kier molecular flexibility index (Phi) is 5.59. The van der Waals surface area contributed by atoms with Crippen LogP contribution in [0.3, 0.4) is 0 Å². The molecule has 2 aromatic rings. The van der Waals surface area contributed by atoms with E-state index in [9.17, 15) is 14.4 Å². The molecule has 1 heterocycles. The van der Waals surface area contributed by atoms with Gasteiger partial charge in [-0.05, 0) is 42.2 Å². The van der Waals surface area contributed by atoms with Crippen molar-refractivity contribution >= 4 is 29.6 Å². The number of benzene rings is 2. The van der Waals surface area contributed by atoms with E-state index in [1.165, 1.54) is 5.56 Å². The van der Waals surface area contributed by atoms with Crippen LogP contribution in [-0.4, -0.2) is 29.3 Å². The number of carbonyl (C=O) groups excluding carboxylic acids is 3. The Morgan fingerprint density at radius 2 is 1.71 bits per heavy atom. The van der Waals surface area contributed by atoms with Gasteiger partial charge in [0.25, 0.3) is 5.91 Å². The van der Waals surface area contributed by atoms with Gasteiger partial charge in [-0.15, -0.1) is 0 Å². The number of hydrogen-bond donors (Lipinski definition) is 2. The van der Waals surface area contributed by atoms with E-state index in [0.717, 1.165) is 16.0 Å². The van der Waals surface area contributed by atoms with Gasteiger partial charge in [0.1, 0.15) is 12.2 Å². The maximum Gasteiger partial charge on any atom is 0.329 e. The molecular formula is C22H23N3O3. The lowest BCUT2D eigenvalue weighted by Gasteiger charge is -2.12. The summed E-state index contributed by atoms with van der Waals surface area (Å²) in [6.07, 6.45) is 1.61. The molecule has 0 atom stereocenters. The van der Waals surface area contributed by atoms with Gasteiger partial charge in [0.15, 0.2) is 0 Å². The average Bonchev–Trinajstić information content (AvgIpc) is 2.91. The highest BCUT2D eigenvalue weighted by atomic mass is 16.2. The largest absolute Gasteiger partial charge is 0.329 e. The van der Waals surface area contributed by atoms with Crippen LogP contribution in [-0.2, 0) is 9.59 Å². The monoisotopic (exact) mass is 377 g/mol. The van der Waals surface area contributed by atoms with Gasteiger partial charge in [-0.1, -0.05) is 55.8 Å². The number of nitrogens with zero attached hydrogens (tertiary/aromatic N) is 1. The molecule has 0 radical (unpaired) electrons.